The lowest BCUT2D eigenvalue weighted by molar-refractivity contribution is -0.931. The summed E-state index contributed by atoms with van der Waals surface area (Å²) in [6.45, 7) is 16.5. The van der Waals surface area contributed by atoms with E-state index in [9.17, 15) is 0 Å². The molecule has 0 N–H and O–H groups in total. The first-order chi connectivity index (χ1) is 9.06. The van der Waals surface area contributed by atoms with Crippen molar-refractivity contribution in [1.29, 1.82) is 0 Å². The predicted molar refractivity (Wildman–Crippen MR) is 84.0 cm³/mol. The molecule has 1 aliphatic carbocycles. The highest BCUT2D eigenvalue weighted by Crippen LogP contribution is 2.36. The minimum Gasteiger partial charge on any atom is -0.320 e. The molecule has 1 heteroatoms. The van der Waals surface area contributed by atoms with E-state index in [1.807, 2.05) is 0 Å². The van der Waals surface area contributed by atoms with Crippen LogP contribution in [0.25, 0.3) is 0 Å². The Morgan fingerprint density at radius 3 is 2.53 bits per heavy atom. The minimum atomic E-state index is 0.755. The number of hydrogen-bond donors (Lipinski definition) is 0. The van der Waals surface area contributed by atoms with Crippen molar-refractivity contribution in [1.82, 2.24) is 0 Å². The first kappa shape index (κ1) is 14.8. The topological polar surface area (TPSA) is 0 Å². The Labute approximate surface area is 120 Å². The van der Waals surface area contributed by atoms with Crippen LogP contribution in [-0.4, -0.2) is 30.7 Å². The van der Waals surface area contributed by atoms with Gasteiger partial charge in [0.05, 0.1) is 26.2 Å². The van der Waals surface area contributed by atoms with Gasteiger partial charge in [-0.15, -0.1) is 0 Å². The van der Waals surface area contributed by atoms with E-state index in [1.165, 1.54) is 56.3 Å². The second-order valence-corrected chi connectivity index (χ2v) is 7.22. The van der Waals surface area contributed by atoms with Crippen molar-refractivity contribution >= 4 is 0 Å². The van der Waals surface area contributed by atoms with Crippen LogP contribution in [0.1, 0.15) is 46.5 Å². The summed E-state index contributed by atoms with van der Waals surface area (Å²) in [5.41, 5.74) is 1.60. The van der Waals surface area contributed by atoms with Gasteiger partial charge in [0, 0.05) is 5.92 Å². The molecule has 0 amide bonds. The lowest BCUT2D eigenvalue weighted by Gasteiger charge is -2.46. The Morgan fingerprint density at radius 2 is 1.95 bits per heavy atom. The summed E-state index contributed by atoms with van der Waals surface area (Å²) in [4.78, 5) is 0. The van der Waals surface area contributed by atoms with E-state index in [4.69, 9.17) is 0 Å². The molecule has 2 aliphatic rings. The molecule has 0 aromatic rings. The molecule has 0 aromatic carbocycles. The van der Waals surface area contributed by atoms with Crippen LogP contribution in [0.4, 0.5) is 0 Å². The van der Waals surface area contributed by atoms with Crippen LogP contribution >= 0.6 is 0 Å². The highest BCUT2D eigenvalue weighted by atomic mass is 15.4. The van der Waals surface area contributed by atoms with Crippen LogP contribution < -0.4 is 0 Å². The van der Waals surface area contributed by atoms with Crippen molar-refractivity contribution < 1.29 is 4.48 Å². The molecule has 19 heavy (non-hydrogen) atoms. The van der Waals surface area contributed by atoms with Crippen molar-refractivity contribution in [2.75, 3.05) is 26.2 Å². The van der Waals surface area contributed by atoms with Crippen LogP contribution in [0.5, 0.6) is 0 Å². The van der Waals surface area contributed by atoms with Gasteiger partial charge in [-0.05, 0) is 50.5 Å². The second-order valence-electron chi connectivity index (χ2n) is 7.22. The van der Waals surface area contributed by atoms with E-state index in [0.717, 1.165) is 17.8 Å². The summed E-state index contributed by atoms with van der Waals surface area (Å²) in [5.74, 6) is 2.47. The Hall–Kier alpha value is -0.560. The molecule has 1 heterocycles. The molecule has 0 aromatic heterocycles. The fourth-order valence-corrected chi connectivity index (χ4v) is 4.51. The summed E-state index contributed by atoms with van der Waals surface area (Å²) in [7, 11) is 0. The summed E-state index contributed by atoms with van der Waals surface area (Å²) in [6.07, 6.45) is 10.3. The largest absolute Gasteiger partial charge is 0.320 e. The van der Waals surface area contributed by atoms with E-state index in [2.05, 4.69) is 39.5 Å². The van der Waals surface area contributed by atoms with E-state index in [-0.39, 0.29) is 0 Å². The van der Waals surface area contributed by atoms with Crippen molar-refractivity contribution in [3.63, 3.8) is 0 Å². The SMILES string of the molecule is C=CC[N+]1(CC2C(C)C=C(C)CC2C)CCCCC1. The predicted octanol–water partition coefficient (Wildman–Crippen LogP) is 4.41. The highest BCUT2D eigenvalue weighted by molar-refractivity contribution is 5.08. The zero-order valence-electron chi connectivity index (χ0n) is 13.2. The third kappa shape index (κ3) is 3.51. The van der Waals surface area contributed by atoms with E-state index in [1.54, 1.807) is 5.57 Å². The maximum absolute atomic E-state index is 4.02. The van der Waals surface area contributed by atoms with Crippen molar-refractivity contribution in [2.45, 2.75) is 46.5 Å². The standard InChI is InChI=1S/C18H32N/c1-5-9-19(10-7-6-8-11-19)14-18-16(3)12-15(2)13-17(18)4/h5,12,16-18H,1,6-11,13-14H2,2-4H3/q+1. The number of rotatable bonds is 4. The maximum Gasteiger partial charge on any atom is 0.0971 e. The van der Waals surface area contributed by atoms with E-state index in [0.29, 0.717) is 0 Å². The monoisotopic (exact) mass is 262 g/mol. The van der Waals surface area contributed by atoms with Gasteiger partial charge in [-0.25, -0.2) is 0 Å². The van der Waals surface area contributed by atoms with Gasteiger partial charge >= 0.3 is 0 Å². The van der Waals surface area contributed by atoms with Gasteiger partial charge in [-0.3, -0.25) is 0 Å². The highest BCUT2D eigenvalue weighted by Gasteiger charge is 2.37. The van der Waals surface area contributed by atoms with Crippen LogP contribution in [0.2, 0.25) is 0 Å². The van der Waals surface area contributed by atoms with Crippen molar-refractivity contribution in [3.8, 4) is 0 Å². The molecule has 108 valence electrons. The third-order valence-corrected chi connectivity index (χ3v) is 5.48. The van der Waals surface area contributed by atoms with Gasteiger partial charge in [0.15, 0.2) is 0 Å². The molecule has 1 saturated heterocycles. The van der Waals surface area contributed by atoms with E-state index < -0.39 is 0 Å². The van der Waals surface area contributed by atoms with Gasteiger partial charge in [-0.1, -0.05) is 32.1 Å². The molecule has 1 fully saturated rings. The third-order valence-electron chi connectivity index (χ3n) is 5.48. The normalized spacial score (nSPS) is 34.7. The summed E-state index contributed by atoms with van der Waals surface area (Å²) >= 11 is 0. The first-order valence-electron chi connectivity index (χ1n) is 8.19. The molecule has 0 bridgehead atoms. The molecule has 1 aliphatic heterocycles. The number of likely N-dealkylation sites (tertiary alicyclic amines) is 1. The maximum atomic E-state index is 4.02. The minimum absolute atomic E-state index is 0.755. The number of hydrogen-bond acceptors (Lipinski definition) is 0. The fourth-order valence-electron chi connectivity index (χ4n) is 4.51. The smallest absolute Gasteiger partial charge is 0.0971 e. The molecular formula is C18H32N+. The van der Waals surface area contributed by atoms with Crippen LogP contribution in [0.3, 0.4) is 0 Å². The molecule has 1 nitrogen and oxygen atoms in total. The van der Waals surface area contributed by atoms with Crippen molar-refractivity contribution in [3.05, 3.63) is 24.3 Å². The molecule has 3 unspecified atom stereocenters. The van der Waals surface area contributed by atoms with Crippen LogP contribution in [0.15, 0.2) is 24.3 Å². The number of allylic oxidation sites excluding steroid dienone is 2. The Morgan fingerprint density at radius 1 is 1.26 bits per heavy atom. The Kier molecular flexibility index (Phi) is 4.89. The Balaban J connectivity index is 2.10. The van der Waals surface area contributed by atoms with Crippen LogP contribution in [0, 0.1) is 17.8 Å². The van der Waals surface area contributed by atoms with Gasteiger partial charge in [0.25, 0.3) is 0 Å². The zero-order chi connectivity index (χ0) is 13.9. The second kappa shape index (κ2) is 6.26. The lowest BCUT2D eigenvalue weighted by Crippen LogP contribution is -2.55. The molecule has 0 saturated carbocycles. The number of piperidine rings is 1. The van der Waals surface area contributed by atoms with Gasteiger partial charge in [0.1, 0.15) is 0 Å². The molecule has 2 rings (SSSR count). The fraction of sp³-hybridized carbons (Fsp3) is 0.778. The molecule has 0 radical (unpaired) electrons. The summed E-state index contributed by atoms with van der Waals surface area (Å²) in [6, 6.07) is 0. The lowest BCUT2D eigenvalue weighted by atomic mass is 9.74. The van der Waals surface area contributed by atoms with E-state index >= 15 is 0 Å². The summed E-state index contributed by atoms with van der Waals surface area (Å²) in [5, 5.41) is 0. The molecular weight excluding hydrogens is 230 g/mol. The average Bonchev–Trinajstić information content (AvgIpc) is 2.35. The summed E-state index contributed by atoms with van der Waals surface area (Å²) < 4.78 is 1.32. The Bertz CT molecular complexity index is 336. The first-order valence-corrected chi connectivity index (χ1v) is 8.19. The quantitative estimate of drug-likeness (QED) is 0.520. The molecule has 0 spiro atoms. The van der Waals surface area contributed by atoms with Gasteiger partial charge < -0.3 is 4.48 Å². The van der Waals surface area contributed by atoms with Crippen molar-refractivity contribution in [2.24, 2.45) is 17.8 Å². The number of nitrogens with zero attached hydrogens (tertiary/aromatic N) is 1. The molecule has 3 atom stereocenters. The zero-order valence-corrected chi connectivity index (χ0v) is 13.2. The number of quaternary nitrogens is 1. The van der Waals surface area contributed by atoms with Crippen LogP contribution in [-0.2, 0) is 0 Å². The van der Waals surface area contributed by atoms with Gasteiger partial charge in [0.2, 0.25) is 0 Å². The van der Waals surface area contributed by atoms with Gasteiger partial charge in [-0.2, -0.15) is 0 Å². The average molecular weight is 262 g/mol.